The van der Waals surface area contributed by atoms with Gasteiger partial charge in [0.1, 0.15) is 6.04 Å². The molecule has 7 nitrogen and oxygen atoms in total. The quantitative estimate of drug-likeness (QED) is 0.747. The summed E-state index contributed by atoms with van der Waals surface area (Å²) in [4.78, 5) is 41.4. The van der Waals surface area contributed by atoms with Crippen LogP contribution in [-0.2, 0) is 20.7 Å². The highest BCUT2D eigenvalue weighted by Gasteiger charge is 2.42. The van der Waals surface area contributed by atoms with E-state index in [0.717, 1.165) is 31.2 Å². The highest BCUT2D eigenvalue weighted by Crippen LogP contribution is 2.38. The molecule has 1 spiro atoms. The third-order valence-electron chi connectivity index (χ3n) is 6.22. The van der Waals surface area contributed by atoms with Gasteiger partial charge in [-0.25, -0.2) is 0 Å². The van der Waals surface area contributed by atoms with Crippen molar-refractivity contribution in [1.29, 1.82) is 0 Å². The zero-order valence-electron chi connectivity index (χ0n) is 18.0. The van der Waals surface area contributed by atoms with Crippen LogP contribution in [0.4, 0.5) is 0 Å². The van der Waals surface area contributed by atoms with E-state index in [2.05, 4.69) is 17.6 Å². The molecule has 3 rings (SSSR count). The third kappa shape index (κ3) is 5.40. The summed E-state index contributed by atoms with van der Waals surface area (Å²) in [5.74, 6) is -0.216. The fraction of sp³-hybridized carbons (Fsp3) is 0.682. The molecule has 2 fully saturated rings. The van der Waals surface area contributed by atoms with E-state index in [9.17, 15) is 14.4 Å². The third-order valence-corrected chi connectivity index (χ3v) is 7.30. The molecule has 2 N–H and O–H groups in total. The van der Waals surface area contributed by atoms with Crippen molar-refractivity contribution in [3.63, 3.8) is 0 Å². The largest absolute Gasteiger partial charge is 0.380 e. The van der Waals surface area contributed by atoms with Gasteiger partial charge in [0.05, 0.1) is 17.6 Å². The Balaban J connectivity index is 1.68. The highest BCUT2D eigenvalue weighted by atomic mass is 32.1. The standard InChI is InChI=1S/C22H33N3O4S/c1-3-18-14-17(15-30-18)20(27)25-10-7-22(8-11-25)6-4-5-12-29-13-9-23-19(26)16(2)24-21(22)28/h14-16H,3-13H2,1-2H3,(H,23,26)(H,24,28)/t16-/m0/s1. The number of piperidine rings is 1. The summed E-state index contributed by atoms with van der Waals surface area (Å²) >= 11 is 1.62. The van der Waals surface area contributed by atoms with Crippen LogP contribution in [0.3, 0.4) is 0 Å². The van der Waals surface area contributed by atoms with E-state index in [4.69, 9.17) is 4.74 Å². The van der Waals surface area contributed by atoms with E-state index in [1.807, 2.05) is 16.3 Å². The highest BCUT2D eigenvalue weighted by molar-refractivity contribution is 7.10. The number of carbonyl (C=O) groups excluding carboxylic acids is 3. The Bertz CT molecular complexity index is 755. The first-order chi connectivity index (χ1) is 14.4. The number of nitrogens with zero attached hydrogens (tertiary/aromatic N) is 1. The van der Waals surface area contributed by atoms with Crippen LogP contribution >= 0.6 is 11.3 Å². The molecule has 1 atom stereocenters. The minimum atomic E-state index is -0.590. The lowest BCUT2D eigenvalue weighted by molar-refractivity contribution is -0.137. The van der Waals surface area contributed by atoms with Gasteiger partial charge in [0.2, 0.25) is 11.8 Å². The molecule has 3 heterocycles. The number of hydrogen-bond acceptors (Lipinski definition) is 5. The van der Waals surface area contributed by atoms with Crippen LogP contribution < -0.4 is 10.6 Å². The first-order valence-corrected chi connectivity index (χ1v) is 11.9. The lowest BCUT2D eigenvalue weighted by atomic mass is 9.73. The van der Waals surface area contributed by atoms with Crippen molar-refractivity contribution in [3.8, 4) is 0 Å². The Morgan fingerprint density at radius 3 is 2.70 bits per heavy atom. The molecular weight excluding hydrogens is 402 g/mol. The van der Waals surface area contributed by atoms with Gasteiger partial charge < -0.3 is 20.3 Å². The number of amides is 3. The average molecular weight is 436 g/mol. The molecule has 30 heavy (non-hydrogen) atoms. The normalized spacial score (nSPS) is 23.7. The predicted octanol–water partition coefficient (Wildman–Crippen LogP) is 2.35. The molecule has 3 amide bonds. The molecule has 0 unspecified atom stereocenters. The minimum Gasteiger partial charge on any atom is -0.380 e. The maximum atomic E-state index is 13.2. The van der Waals surface area contributed by atoms with Crippen molar-refractivity contribution in [1.82, 2.24) is 15.5 Å². The summed E-state index contributed by atoms with van der Waals surface area (Å²) < 4.78 is 5.57. The lowest BCUT2D eigenvalue weighted by Gasteiger charge is -2.41. The van der Waals surface area contributed by atoms with Crippen molar-refractivity contribution >= 4 is 29.1 Å². The number of rotatable bonds is 2. The van der Waals surface area contributed by atoms with E-state index in [1.54, 1.807) is 18.3 Å². The Morgan fingerprint density at radius 2 is 2.00 bits per heavy atom. The maximum absolute atomic E-state index is 13.2. The lowest BCUT2D eigenvalue weighted by Crippen LogP contribution is -2.54. The van der Waals surface area contributed by atoms with E-state index in [1.165, 1.54) is 4.88 Å². The number of nitrogens with one attached hydrogen (secondary N) is 2. The van der Waals surface area contributed by atoms with Gasteiger partial charge in [-0.15, -0.1) is 11.3 Å². The van der Waals surface area contributed by atoms with Gasteiger partial charge in [-0.2, -0.15) is 0 Å². The van der Waals surface area contributed by atoms with Gasteiger partial charge in [0.15, 0.2) is 0 Å². The molecule has 2 aliphatic rings. The zero-order chi connectivity index (χ0) is 21.6. The Labute approximate surface area is 182 Å². The fourth-order valence-electron chi connectivity index (χ4n) is 4.17. The monoisotopic (exact) mass is 435 g/mol. The topological polar surface area (TPSA) is 87.7 Å². The molecule has 0 aromatic carbocycles. The first-order valence-electron chi connectivity index (χ1n) is 11.0. The van der Waals surface area contributed by atoms with Gasteiger partial charge in [-0.05, 0) is 45.1 Å². The van der Waals surface area contributed by atoms with Crippen molar-refractivity contribution in [2.24, 2.45) is 5.41 Å². The predicted molar refractivity (Wildman–Crippen MR) is 117 cm³/mol. The van der Waals surface area contributed by atoms with Crippen molar-refractivity contribution in [2.75, 3.05) is 32.8 Å². The molecule has 8 heteroatoms. The van der Waals surface area contributed by atoms with Crippen molar-refractivity contribution < 1.29 is 19.1 Å². The smallest absolute Gasteiger partial charge is 0.254 e. The van der Waals surface area contributed by atoms with Crippen LogP contribution in [0.2, 0.25) is 0 Å². The summed E-state index contributed by atoms with van der Waals surface area (Å²) in [7, 11) is 0. The van der Waals surface area contributed by atoms with E-state index >= 15 is 0 Å². The first kappa shape index (κ1) is 22.7. The number of likely N-dealkylation sites (tertiary alicyclic amines) is 1. The Hall–Kier alpha value is -1.93. The molecule has 0 radical (unpaired) electrons. The summed E-state index contributed by atoms with van der Waals surface area (Å²) in [6.45, 7) is 6.47. The second-order valence-electron chi connectivity index (χ2n) is 8.28. The fourth-order valence-corrected chi connectivity index (χ4v) is 4.98. The van der Waals surface area contributed by atoms with Crippen LogP contribution in [0.1, 0.15) is 61.2 Å². The molecule has 0 bridgehead atoms. The van der Waals surface area contributed by atoms with Gasteiger partial charge in [-0.1, -0.05) is 13.3 Å². The van der Waals surface area contributed by atoms with Gasteiger partial charge in [0.25, 0.3) is 5.91 Å². The van der Waals surface area contributed by atoms with Crippen molar-refractivity contribution in [3.05, 3.63) is 21.9 Å². The van der Waals surface area contributed by atoms with E-state index in [0.29, 0.717) is 45.7 Å². The van der Waals surface area contributed by atoms with Crippen LogP contribution in [-0.4, -0.2) is 61.5 Å². The second-order valence-corrected chi connectivity index (χ2v) is 9.28. The maximum Gasteiger partial charge on any atom is 0.254 e. The molecule has 1 aromatic rings. The van der Waals surface area contributed by atoms with E-state index < -0.39 is 11.5 Å². The van der Waals surface area contributed by atoms with Gasteiger partial charge in [-0.3, -0.25) is 14.4 Å². The number of aryl methyl sites for hydroxylation is 1. The molecule has 1 aromatic heterocycles. The number of ether oxygens (including phenoxy) is 1. The van der Waals surface area contributed by atoms with E-state index in [-0.39, 0.29) is 17.7 Å². The van der Waals surface area contributed by atoms with Crippen LogP contribution in [0, 0.1) is 5.41 Å². The summed E-state index contributed by atoms with van der Waals surface area (Å²) in [5.41, 5.74) is 0.206. The average Bonchev–Trinajstić information content (AvgIpc) is 3.24. The summed E-state index contributed by atoms with van der Waals surface area (Å²) in [5, 5.41) is 7.65. The molecular formula is C22H33N3O4S. The van der Waals surface area contributed by atoms with Gasteiger partial charge >= 0.3 is 0 Å². The Morgan fingerprint density at radius 1 is 1.23 bits per heavy atom. The number of thiophene rings is 1. The van der Waals surface area contributed by atoms with Crippen molar-refractivity contribution in [2.45, 2.75) is 58.4 Å². The molecule has 2 aliphatic heterocycles. The van der Waals surface area contributed by atoms with Crippen LogP contribution in [0.25, 0.3) is 0 Å². The zero-order valence-corrected chi connectivity index (χ0v) is 18.8. The van der Waals surface area contributed by atoms with Crippen LogP contribution in [0.5, 0.6) is 0 Å². The molecule has 166 valence electrons. The molecule has 0 aliphatic carbocycles. The molecule has 2 saturated heterocycles. The van der Waals surface area contributed by atoms with Gasteiger partial charge in [0, 0.05) is 36.5 Å². The SMILES string of the molecule is CCc1cc(C(=O)N2CCC3(CCCCOCCNC(=O)[C@H](C)NC3=O)CC2)cs1. The van der Waals surface area contributed by atoms with Crippen LogP contribution in [0.15, 0.2) is 11.4 Å². The second kappa shape index (κ2) is 10.4. The summed E-state index contributed by atoms with van der Waals surface area (Å²) in [6, 6.07) is 1.39. The minimum absolute atomic E-state index is 0.0481. The summed E-state index contributed by atoms with van der Waals surface area (Å²) in [6.07, 6.45) is 4.68. The Kier molecular flexibility index (Phi) is 7.88. The molecule has 0 saturated carbocycles. The number of hydrogen-bond donors (Lipinski definition) is 2. The number of carbonyl (C=O) groups is 3.